The molecule has 3 N–H and O–H groups in total. The van der Waals surface area contributed by atoms with Crippen molar-refractivity contribution in [2.45, 2.75) is 18.9 Å². The third-order valence-electron chi connectivity index (χ3n) is 2.86. The quantitative estimate of drug-likeness (QED) is 0.721. The zero-order valence-electron chi connectivity index (χ0n) is 9.05. The van der Waals surface area contributed by atoms with Crippen LogP contribution in [0.1, 0.15) is 23.8 Å². The number of aromatic nitrogens is 2. The van der Waals surface area contributed by atoms with Gasteiger partial charge in [-0.3, -0.25) is 4.79 Å². The van der Waals surface area contributed by atoms with Crippen LogP contribution in [0, 0.1) is 0 Å². The second-order valence-electron chi connectivity index (χ2n) is 4.07. The maximum Gasteiger partial charge on any atom is 0.269 e. The van der Waals surface area contributed by atoms with E-state index in [9.17, 15) is 9.90 Å². The number of rotatable bonds is 3. The number of β-amino-alcohol motifs (C(OH)–C–C–N with tert-alkyl or cyclic N) is 1. The van der Waals surface area contributed by atoms with E-state index in [0.29, 0.717) is 18.9 Å². The van der Waals surface area contributed by atoms with E-state index in [-0.39, 0.29) is 5.69 Å². The molecule has 1 fully saturated rings. The highest BCUT2D eigenvalue weighted by atomic mass is 16.3. The van der Waals surface area contributed by atoms with Crippen molar-refractivity contribution >= 4 is 11.7 Å². The number of nitrogens with zero attached hydrogens (tertiary/aromatic N) is 3. The molecule has 0 bridgehead atoms. The summed E-state index contributed by atoms with van der Waals surface area (Å²) in [6.45, 7) is 3.04. The summed E-state index contributed by atoms with van der Waals surface area (Å²) >= 11 is 0. The largest absolute Gasteiger partial charge is 0.386 e. The molecule has 1 saturated heterocycles. The monoisotopic (exact) mass is 222 g/mol. The molecule has 0 spiro atoms. The van der Waals surface area contributed by atoms with Crippen LogP contribution in [0.15, 0.2) is 12.1 Å². The summed E-state index contributed by atoms with van der Waals surface area (Å²) in [7, 11) is 0. The second-order valence-corrected chi connectivity index (χ2v) is 4.07. The Morgan fingerprint density at radius 3 is 2.69 bits per heavy atom. The lowest BCUT2D eigenvalue weighted by atomic mass is 9.91. The predicted octanol–water partition coefficient (Wildman–Crippen LogP) is -0.463. The molecule has 16 heavy (non-hydrogen) atoms. The number of carbonyl (C=O) groups is 1. The van der Waals surface area contributed by atoms with Crippen molar-refractivity contribution in [3.05, 3.63) is 17.8 Å². The zero-order chi connectivity index (χ0) is 11.8. The summed E-state index contributed by atoms with van der Waals surface area (Å²) in [5.74, 6) is 0.0656. The highest BCUT2D eigenvalue weighted by Gasteiger charge is 2.40. The minimum atomic E-state index is -0.607. The molecule has 2 rings (SSSR count). The standard InChI is InChI=1S/C10H14N4O2/c1-2-10(16)5-14(6-10)8-4-3-7(9(11)15)12-13-8/h3-4,16H,2,5-6H2,1H3,(H2,11,15). The van der Waals surface area contributed by atoms with Crippen LogP contribution in [0.2, 0.25) is 0 Å². The van der Waals surface area contributed by atoms with Crippen LogP contribution in [0.4, 0.5) is 5.82 Å². The zero-order valence-corrected chi connectivity index (χ0v) is 9.05. The highest BCUT2D eigenvalue weighted by Crippen LogP contribution is 2.27. The Morgan fingerprint density at radius 2 is 2.25 bits per heavy atom. The smallest absolute Gasteiger partial charge is 0.269 e. The molecule has 86 valence electrons. The molecule has 6 nitrogen and oxygen atoms in total. The molecule has 0 saturated carbocycles. The van der Waals surface area contributed by atoms with Crippen molar-refractivity contribution < 1.29 is 9.90 Å². The number of hydrogen-bond acceptors (Lipinski definition) is 5. The lowest BCUT2D eigenvalue weighted by molar-refractivity contribution is 0.00796. The first-order chi connectivity index (χ1) is 7.54. The van der Waals surface area contributed by atoms with Gasteiger partial charge in [0.15, 0.2) is 11.5 Å². The highest BCUT2D eigenvalue weighted by molar-refractivity contribution is 5.90. The van der Waals surface area contributed by atoms with Gasteiger partial charge in [0, 0.05) is 0 Å². The molecule has 2 heterocycles. The number of aliphatic hydroxyl groups is 1. The third kappa shape index (κ3) is 1.83. The molecule has 0 radical (unpaired) electrons. The summed E-state index contributed by atoms with van der Waals surface area (Å²) in [5.41, 5.74) is 4.60. The third-order valence-corrected chi connectivity index (χ3v) is 2.86. The molecule has 1 aliphatic rings. The first-order valence-corrected chi connectivity index (χ1v) is 5.15. The number of nitrogens with two attached hydrogens (primary N) is 1. The number of hydrogen-bond donors (Lipinski definition) is 2. The van der Waals surface area contributed by atoms with Gasteiger partial charge in [0.2, 0.25) is 0 Å². The molecule has 0 aliphatic carbocycles. The van der Waals surface area contributed by atoms with E-state index in [4.69, 9.17) is 5.73 Å². The molecule has 1 amide bonds. The molecule has 6 heteroatoms. The molecule has 0 atom stereocenters. The Balaban J connectivity index is 2.05. The molecule has 1 aromatic rings. The van der Waals surface area contributed by atoms with E-state index < -0.39 is 11.5 Å². The van der Waals surface area contributed by atoms with Gasteiger partial charge >= 0.3 is 0 Å². The Kier molecular flexibility index (Phi) is 2.51. The van der Waals surface area contributed by atoms with E-state index in [1.54, 1.807) is 6.07 Å². The number of carbonyl (C=O) groups excluding carboxylic acids is 1. The van der Waals surface area contributed by atoms with Crippen molar-refractivity contribution in [3.63, 3.8) is 0 Å². The maximum atomic E-state index is 10.8. The summed E-state index contributed by atoms with van der Waals surface area (Å²) in [6, 6.07) is 3.22. The number of anilines is 1. The summed E-state index contributed by atoms with van der Waals surface area (Å²) in [6.07, 6.45) is 0.719. The van der Waals surface area contributed by atoms with Crippen LogP contribution < -0.4 is 10.6 Å². The maximum absolute atomic E-state index is 10.8. The van der Waals surface area contributed by atoms with Gasteiger partial charge < -0.3 is 15.7 Å². The Hall–Kier alpha value is -1.69. The van der Waals surface area contributed by atoms with Crippen LogP contribution in [0.25, 0.3) is 0 Å². The van der Waals surface area contributed by atoms with Gasteiger partial charge in [-0.15, -0.1) is 10.2 Å². The minimum absolute atomic E-state index is 0.148. The van der Waals surface area contributed by atoms with Gasteiger partial charge in [-0.05, 0) is 18.6 Å². The summed E-state index contributed by atoms with van der Waals surface area (Å²) in [4.78, 5) is 12.7. The second kappa shape index (κ2) is 3.71. The van der Waals surface area contributed by atoms with Crippen molar-refractivity contribution in [1.29, 1.82) is 0 Å². The van der Waals surface area contributed by atoms with Crippen molar-refractivity contribution in [2.24, 2.45) is 5.73 Å². The normalized spacial score (nSPS) is 18.0. The topological polar surface area (TPSA) is 92.3 Å². The van der Waals surface area contributed by atoms with Gasteiger partial charge in [-0.2, -0.15) is 0 Å². The number of amides is 1. The average molecular weight is 222 g/mol. The van der Waals surface area contributed by atoms with Gasteiger partial charge in [0.25, 0.3) is 5.91 Å². The average Bonchev–Trinajstić information content (AvgIpc) is 2.25. The van der Waals surface area contributed by atoms with Crippen molar-refractivity contribution in [1.82, 2.24) is 10.2 Å². The van der Waals surface area contributed by atoms with Gasteiger partial charge in [-0.25, -0.2) is 0 Å². The molecular formula is C10H14N4O2. The SMILES string of the molecule is CCC1(O)CN(c2ccc(C(N)=O)nn2)C1. The predicted molar refractivity (Wildman–Crippen MR) is 58.0 cm³/mol. The molecular weight excluding hydrogens is 208 g/mol. The first kappa shape index (κ1) is 10.8. The minimum Gasteiger partial charge on any atom is -0.386 e. The van der Waals surface area contributed by atoms with E-state index in [1.165, 1.54) is 6.07 Å². The fourth-order valence-electron chi connectivity index (χ4n) is 1.68. The van der Waals surface area contributed by atoms with Gasteiger partial charge in [0.1, 0.15) is 0 Å². The summed E-state index contributed by atoms with van der Waals surface area (Å²) in [5, 5.41) is 17.4. The lowest BCUT2D eigenvalue weighted by Gasteiger charge is -2.46. The Bertz CT molecular complexity index is 398. The van der Waals surface area contributed by atoms with Gasteiger partial charge in [-0.1, -0.05) is 6.92 Å². The molecule has 0 aromatic carbocycles. The Morgan fingerprint density at radius 1 is 1.56 bits per heavy atom. The van der Waals surface area contributed by atoms with Crippen molar-refractivity contribution in [3.8, 4) is 0 Å². The van der Waals surface area contributed by atoms with Crippen LogP contribution in [-0.4, -0.2) is 39.9 Å². The molecule has 1 aromatic heterocycles. The van der Waals surface area contributed by atoms with E-state index in [2.05, 4.69) is 10.2 Å². The van der Waals surface area contributed by atoms with Crippen LogP contribution in [0.5, 0.6) is 0 Å². The van der Waals surface area contributed by atoms with Crippen LogP contribution in [0.3, 0.4) is 0 Å². The first-order valence-electron chi connectivity index (χ1n) is 5.15. The van der Waals surface area contributed by atoms with Crippen LogP contribution in [-0.2, 0) is 0 Å². The number of primary amides is 1. The van der Waals surface area contributed by atoms with E-state index in [1.807, 2.05) is 11.8 Å². The molecule has 1 aliphatic heterocycles. The van der Waals surface area contributed by atoms with Crippen molar-refractivity contribution in [2.75, 3.05) is 18.0 Å². The molecule has 0 unspecified atom stereocenters. The van der Waals surface area contributed by atoms with Gasteiger partial charge in [0.05, 0.1) is 18.7 Å². The Labute approximate surface area is 93.1 Å². The fraction of sp³-hybridized carbons (Fsp3) is 0.500. The van der Waals surface area contributed by atoms with E-state index in [0.717, 1.165) is 6.42 Å². The summed E-state index contributed by atoms with van der Waals surface area (Å²) < 4.78 is 0. The van der Waals surface area contributed by atoms with E-state index >= 15 is 0 Å². The van der Waals surface area contributed by atoms with Crippen LogP contribution >= 0.6 is 0 Å². The lowest BCUT2D eigenvalue weighted by Crippen LogP contribution is -2.61. The fourth-order valence-corrected chi connectivity index (χ4v) is 1.68.